The van der Waals surface area contributed by atoms with Crippen molar-refractivity contribution in [1.29, 1.82) is 0 Å². The van der Waals surface area contributed by atoms with E-state index < -0.39 is 5.97 Å². The van der Waals surface area contributed by atoms with Crippen LogP contribution in [0.5, 0.6) is 0 Å². The van der Waals surface area contributed by atoms with Crippen molar-refractivity contribution >= 4 is 34.7 Å². The molecule has 3 heterocycles. The van der Waals surface area contributed by atoms with E-state index in [-0.39, 0.29) is 30.0 Å². The predicted molar refractivity (Wildman–Crippen MR) is 100.0 cm³/mol. The number of fused-ring (bicyclic) bond motifs is 2. The van der Waals surface area contributed by atoms with Crippen LogP contribution < -0.4 is 5.56 Å². The molecule has 0 saturated heterocycles. The van der Waals surface area contributed by atoms with Gasteiger partial charge in [-0.1, -0.05) is 42.1 Å². The van der Waals surface area contributed by atoms with E-state index in [9.17, 15) is 14.7 Å². The van der Waals surface area contributed by atoms with Crippen molar-refractivity contribution in [2.45, 2.75) is 11.7 Å². The largest absolute Gasteiger partial charge is 0.481 e. The predicted octanol–water partition coefficient (Wildman–Crippen LogP) is 1.21. The lowest BCUT2D eigenvalue weighted by molar-refractivity contribution is -0.133. The molecule has 0 atom stereocenters. The number of carbonyl (C=O) groups is 1. The Hall–Kier alpha value is -3.11. The highest BCUT2D eigenvalue weighted by Gasteiger charge is 2.19. The van der Waals surface area contributed by atoms with E-state index in [0.29, 0.717) is 16.6 Å². The summed E-state index contributed by atoms with van der Waals surface area (Å²) in [5, 5.41) is 18.6. The van der Waals surface area contributed by atoms with Crippen LogP contribution in [0.15, 0.2) is 46.5 Å². The molecule has 0 aliphatic carbocycles. The molecule has 1 aromatic carbocycles. The van der Waals surface area contributed by atoms with E-state index in [1.165, 1.54) is 4.40 Å². The van der Waals surface area contributed by atoms with E-state index in [1.54, 1.807) is 10.8 Å². The molecule has 0 fully saturated rings. The molecule has 0 amide bonds. The Balaban J connectivity index is 1.90. The summed E-state index contributed by atoms with van der Waals surface area (Å²) in [6, 6.07) is 9.54. The number of imidazole rings is 2. The molecule has 0 spiro atoms. The molecule has 0 aliphatic heterocycles. The summed E-state index contributed by atoms with van der Waals surface area (Å²) in [6.07, 6.45) is 1.66. The fraction of sp³-hybridized carbons (Fsp3) is 0.176. The number of benzene rings is 1. The molecule has 4 aromatic rings. The standard InChI is InChI=1S/C17H15N5O4S/c23-7-6-21-14-13(19-17(21)27-9-12(24)25)15(26)22-8-11(18-16(22)20-14)10-4-2-1-3-5-10/h1-5,8,23H,6-7,9H2,(H,18,20)(H,24,25). The van der Waals surface area contributed by atoms with Gasteiger partial charge < -0.3 is 19.8 Å². The molecule has 27 heavy (non-hydrogen) atoms. The van der Waals surface area contributed by atoms with Crippen LogP contribution in [-0.2, 0) is 11.3 Å². The van der Waals surface area contributed by atoms with Gasteiger partial charge in [-0.25, -0.2) is 9.38 Å². The van der Waals surface area contributed by atoms with E-state index in [0.717, 1.165) is 23.0 Å². The zero-order valence-electron chi connectivity index (χ0n) is 14.0. The average Bonchev–Trinajstić information content (AvgIpc) is 3.24. The molecule has 4 rings (SSSR count). The summed E-state index contributed by atoms with van der Waals surface area (Å²) in [6.45, 7) is -0.0273. The lowest BCUT2D eigenvalue weighted by atomic mass is 10.2. The first kappa shape index (κ1) is 17.3. The quantitative estimate of drug-likeness (QED) is 0.426. The molecule has 138 valence electrons. The Morgan fingerprint density at radius 1 is 1.22 bits per heavy atom. The SMILES string of the molecule is O=C(O)CSc1nc2c(=O)n3cc(-c4ccccc4)[nH]c3nc2n1CCO. The number of hydrogen-bond acceptors (Lipinski definition) is 6. The maximum Gasteiger partial charge on any atom is 0.313 e. The minimum Gasteiger partial charge on any atom is -0.481 e. The first-order chi connectivity index (χ1) is 13.1. The van der Waals surface area contributed by atoms with Gasteiger partial charge in [0.1, 0.15) is 0 Å². The van der Waals surface area contributed by atoms with Gasteiger partial charge in [0.15, 0.2) is 16.3 Å². The highest BCUT2D eigenvalue weighted by Crippen LogP contribution is 2.23. The van der Waals surface area contributed by atoms with Crippen molar-refractivity contribution in [3.63, 3.8) is 0 Å². The highest BCUT2D eigenvalue weighted by atomic mass is 32.2. The number of nitrogens with zero attached hydrogens (tertiary/aromatic N) is 4. The molecule has 0 radical (unpaired) electrons. The van der Waals surface area contributed by atoms with Crippen LogP contribution >= 0.6 is 11.8 Å². The zero-order valence-corrected chi connectivity index (χ0v) is 14.8. The molecule has 9 nitrogen and oxygen atoms in total. The van der Waals surface area contributed by atoms with Gasteiger partial charge in [0.25, 0.3) is 5.56 Å². The third-order valence-corrected chi connectivity index (χ3v) is 4.97. The summed E-state index contributed by atoms with van der Waals surface area (Å²) < 4.78 is 2.94. The molecule has 0 bridgehead atoms. The molecular weight excluding hydrogens is 370 g/mol. The number of H-pyrrole nitrogens is 1. The summed E-state index contributed by atoms with van der Waals surface area (Å²) in [7, 11) is 0. The first-order valence-electron chi connectivity index (χ1n) is 8.11. The number of hydrogen-bond donors (Lipinski definition) is 3. The van der Waals surface area contributed by atoms with Crippen LogP contribution in [0.4, 0.5) is 0 Å². The summed E-state index contributed by atoms with van der Waals surface area (Å²) in [5.74, 6) is -0.848. The van der Waals surface area contributed by atoms with Crippen molar-refractivity contribution in [2.24, 2.45) is 0 Å². The Bertz CT molecular complexity index is 1190. The van der Waals surface area contributed by atoms with Crippen LogP contribution in [0, 0.1) is 0 Å². The summed E-state index contributed by atoms with van der Waals surface area (Å²) >= 11 is 0.982. The maximum absolute atomic E-state index is 12.9. The van der Waals surface area contributed by atoms with Crippen LogP contribution in [-0.4, -0.2) is 52.5 Å². The fourth-order valence-corrected chi connectivity index (χ4v) is 3.58. The fourth-order valence-electron chi connectivity index (χ4n) is 2.84. The van der Waals surface area contributed by atoms with Crippen LogP contribution in [0.1, 0.15) is 0 Å². The van der Waals surface area contributed by atoms with Crippen LogP contribution in [0.25, 0.3) is 28.2 Å². The number of aromatic nitrogens is 5. The molecule has 0 saturated carbocycles. The van der Waals surface area contributed by atoms with E-state index in [1.807, 2.05) is 30.3 Å². The first-order valence-corrected chi connectivity index (χ1v) is 9.09. The zero-order chi connectivity index (χ0) is 19.0. The van der Waals surface area contributed by atoms with Crippen LogP contribution in [0.3, 0.4) is 0 Å². The minimum atomic E-state index is -0.994. The van der Waals surface area contributed by atoms with Crippen molar-refractivity contribution in [3.05, 3.63) is 46.9 Å². The second-order valence-electron chi connectivity index (χ2n) is 5.77. The topological polar surface area (TPSA) is 126 Å². The summed E-state index contributed by atoms with van der Waals surface area (Å²) in [5.41, 5.74) is 1.73. The van der Waals surface area contributed by atoms with Gasteiger partial charge in [0.2, 0.25) is 5.78 Å². The number of thioether (sulfide) groups is 1. The molecule has 10 heteroatoms. The van der Waals surface area contributed by atoms with Gasteiger partial charge in [-0.05, 0) is 5.56 Å². The maximum atomic E-state index is 12.9. The molecule has 3 aromatic heterocycles. The van der Waals surface area contributed by atoms with Gasteiger partial charge in [-0.15, -0.1) is 0 Å². The lowest BCUT2D eigenvalue weighted by Gasteiger charge is -2.04. The number of carboxylic acid groups (broad SMARTS) is 1. The van der Waals surface area contributed by atoms with E-state index >= 15 is 0 Å². The third kappa shape index (κ3) is 3.09. The van der Waals surface area contributed by atoms with Gasteiger partial charge in [-0.2, -0.15) is 4.98 Å². The average molecular weight is 385 g/mol. The lowest BCUT2D eigenvalue weighted by Crippen LogP contribution is -2.14. The Labute approximate surface area is 156 Å². The van der Waals surface area contributed by atoms with Gasteiger partial charge in [0, 0.05) is 12.7 Å². The number of aliphatic carboxylic acids is 1. The normalized spacial score (nSPS) is 11.4. The third-order valence-electron chi connectivity index (χ3n) is 4.01. The van der Waals surface area contributed by atoms with Crippen molar-refractivity contribution in [1.82, 2.24) is 23.9 Å². The second kappa shape index (κ2) is 6.89. The number of aromatic amines is 1. The molecular formula is C17H15N5O4S. The molecule has 3 N–H and O–H groups in total. The number of aliphatic hydroxyl groups excluding tert-OH is 1. The number of carboxylic acids is 1. The van der Waals surface area contributed by atoms with Crippen molar-refractivity contribution in [3.8, 4) is 11.3 Å². The monoisotopic (exact) mass is 385 g/mol. The Morgan fingerprint density at radius 2 is 2.00 bits per heavy atom. The van der Waals surface area contributed by atoms with Gasteiger partial charge >= 0.3 is 5.97 Å². The Kier molecular flexibility index (Phi) is 4.42. The van der Waals surface area contributed by atoms with E-state index in [2.05, 4.69) is 15.0 Å². The van der Waals surface area contributed by atoms with Gasteiger partial charge in [-0.3, -0.25) is 9.59 Å². The van der Waals surface area contributed by atoms with Gasteiger partial charge in [0.05, 0.1) is 18.1 Å². The van der Waals surface area contributed by atoms with Crippen LogP contribution in [0.2, 0.25) is 0 Å². The minimum absolute atomic E-state index is 0.132. The van der Waals surface area contributed by atoms with Crippen molar-refractivity contribution in [2.75, 3.05) is 12.4 Å². The number of aliphatic hydroxyl groups is 1. The van der Waals surface area contributed by atoms with Crippen molar-refractivity contribution < 1.29 is 15.0 Å². The number of rotatable bonds is 6. The highest BCUT2D eigenvalue weighted by molar-refractivity contribution is 7.99. The summed E-state index contributed by atoms with van der Waals surface area (Å²) in [4.78, 5) is 35.6. The number of nitrogens with one attached hydrogen (secondary N) is 1. The smallest absolute Gasteiger partial charge is 0.313 e. The molecule has 0 unspecified atom stereocenters. The Morgan fingerprint density at radius 3 is 2.70 bits per heavy atom. The van der Waals surface area contributed by atoms with E-state index in [4.69, 9.17) is 5.11 Å². The molecule has 0 aliphatic rings. The second-order valence-corrected chi connectivity index (χ2v) is 6.71.